The Labute approximate surface area is 77.1 Å². The summed E-state index contributed by atoms with van der Waals surface area (Å²) >= 11 is 0. The Morgan fingerprint density at radius 2 is 1.85 bits per heavy atom. The Morgan fingerprint density at radius 1 is 1.31 bits per heavy atom. The molecule has 0 fully saturated rings. The first-order valence-electron chi connectivity index (χ1n) is 3.76. The Morgan fingerprint density at radius 3 is 2.31 bits per heavy atom. The van der Waals surface area contributed by atoms with E-state index in [0.717, 1.165) is 5.56 Å². The summed E-state index contributed by atoms with van der Waals surface area (Å²) in [4.78, 5) is 0. The molecule has 72 valence electrons. The van der Waals surface area contributed by atoms with Crippen molar-refractivity contribution in [1.29, 1.82) is 0 Å². The minimum atomic E-state index is -4.12. The molecule has 0 spiro atoms. The van der Waals surface area contributed by atoms with Gasteiger partial charge in [0.05, 0.1) is 0 Å². The van der Waals surface area contributed by atoms with E-state index in [1.165, 1.54) is 0 Å². The van der Waals surface area contributed by atoms with Gasteiger partial charge < -0.3 is 5.73 Å². The van der Waals surface area contributed by atoms with Crippen LogP contribution in [0.4, 0.5) is 0 Å². The maximum Gasteiger partial charge on any atom is 0.281 e. The van der Waals surface area contributed by atoms with Crippen molar-refractivity contribution in [2.24, 2.45) is 5.73 Å². The Kier molecular flexibility index (Phi) is 3.02. The van der Waals surface area contributed by atoms with Crippen LogP contribution in [0.3, 0.4) is 0 Å². The van der Waals surface area contributed by atoms with Crippen molar-refractivity contribution in [2.75, 3.05) is 0 Å². The summed E-state index contributed by atoms with van der Waals surface area (Å²) in [5.41, 5.74) is 6.03. The molecule has 0 heterocycles. The molecule has 0 bridgehead atoms. The van der Waals surface area contributed by atoms with Gasteiger partial charge in [-0.2, -0.15) is 8.42 Å². The smallest absolute Gasteiger partial charge is 0.281 e. The van der Waals surface area contributed by atoms with Gasteiger partial charge in [0.15, 0.2) is 0 Å². The van der Waals surface area contributed by atoms with E-state index in [-0.39, 0.29) is 6.42 Å². The van der Waals surface area contributed by atoms with Gasteiger partial charge in [-0.25, -0.2) is 0 Å². The summed E-state index contributed by atoms with van der Waals surface area (Å²) in [6, 6.07) is 8.90. The number of hydrogen-bond donors (Lipinski definition) is 2. The second-order valence-electron chi connectivity index (χ2n) is 2.74. The molecule has 0 radical (unpaired) electrons. The molecule has 1 aromatic rings. The summed E-state index contributed by atoms with van der Waals surface area (Å²) in [6.07, 6.45) is 0.125. The second-order valence-corrected chi connectivity index (χ2v) is 4.38. The van der Waals surface area contributed by atoms with E-state index < -0.39 is 15.5 Å². The first-order valence-corrected chi connectivity index (χ1v) is 5.26. The average Bonchev–Trinajstić information content (AvgIpc) is 2.04. The van der Waals surface area contributed by atoms with Crippen molar-refractivity contribution in [3.05, 3.63) is 35.9 Å². The third kappa shape index (κ3) is 3.14. The lowest BCUT2D eigenvalue weighted by Gasteiger charge is -2.07. The van der Waals surface area contributed by atoms with Gasteiger partial charge in [0.2, 0.25) is 0 Å². The molecule has 13 heavy (non-hydrogen) atoms. The molecule has 0 saturated heterocycles. The third-order valence-electron chi connectivity index (χ3n) is 1.66. The molecule has 1 aromatic carbocycles. The fourth-order valence-corrected chi connectivity index (χ4v) is 1.35. The van der Waals surface area contributed by atoms with E-state index in [9.17, 15) is 8.42 Å². The summed E-state index contributed by atoms with van der Waals surface area (Å²) in [5, 5.41) is -1.24. The van der Waals surface area contributed by atoms with Crippen molar-refractivity contribution in [3.63, 3.8) is 0 Å². The Bertz CT molecular complexity index is 360. The Hall–Kier alpha value is -0.910. The van der Waals surface area contributed by atoms with Crippen LogP contribution in [-0.2, 0) is 16.5 Å². The van der Waals surface area contributed by atoms with Crippen molar-refractivity contribution < 1.29 is 13.0 Å². The van der Waals surface area contributed by atoms with Gasteiger partial charge in [0.1, 0.15) is 5.37 Å². The van der Waals surface area contributed by atoms with Crippen molar-refractivity contribution in [3.8, 4) is 0 Å². The standard InChI is InChI=1S/C8H11NO3S/c9-8(13(10,11)12)6-7-4-2-1-3-5-7/h1-5,8H,6,9H2,(H,10,11,12)/t8-/m0/s1. The molecule has 4 nitrogen and oxygen atoms in total. The molecule has 3 N–H and O–H groups in total. The quantitative estimate of drug-likeness (QED) is 0.694. The molecule has 0 aliphatic rings. The van der Waals surface area contributed by atoms with Crippen LogP contribution in [-0.4, -0.2) is 18.3 Å². The van der Waals surface area contributed by atoms with Crippen LogP contribution >= 0.6 is 0 Å². The van der Waals surface area contributed by atoms with Gasteiger partial charge >= 0.3 is 0 Å². The molecule has 0 aromatic heterocycles. The highest BCUT2D eigenvalue weighted by atomic mass is 32.2. The van der Waals surface area contributed by atoms with Crippen molar-refractivity contribution in [1.82, 2.24) is 0 Å². The average molecular weight is 201 g/mol. The van der Waals surface area contributed by atoms with Gasteiger partial charge in [-0.3, -0.25) is 4.55 Å². The van der Waals surface area contributed by atoms with Crippen LogP contribution in [0, 0.1) is 0 Å². The maximum absolute atomic E-state index is 10.6. The number of benzene rings is 1. The van der Waals surface area contributed by atoms with Gasteiger partial charge in [-0.05, 0) is 5.56 Å². The highest BCUT2D eigenvalue weighted by Crippen LogP contribution is 2.04. The van der Waals surface area contributed by atoms with Crippen LogP contribution in [0.15, 0.2) is 30.3 Å². The van der Waals surface area contributed by atoms with Gasteiger partial charge in [0, 0.05) is 6.42 Å². The van der Waals surface area contributed by atoms with E-state index >= 15 is 0 Å². The fraction of sp³-hybridized carbons (Fsp3) is 0.250. The lowest BCUT2D eigenvalue weighted by molar-refractivity contribution is 0.467. The lowest BCUT2D eigenvalue weighted by atomic mass is 10.2. The summed E-state index contributed by atoms with van der Waals surface area (Å²) in [5.74, 6) is 0. The summed E-state index contributed by atoms with van der Waals surface area (Å²) < 4.78 is 29.7. The molecule has 0 aliphatic carbocycles. The van der Waals surface area contributed by atoms with Crippen molar-refractivity contribution >= 4 is 10.1 Å². The first kappa shape index (κ1) is 10.2. The van der Waals surface area contributed by atoms with E-state index in [1.807, 2.05) is 6.07 Å². The topological polar surface area (TPSA) is 80.4 Å². The number of nitrogens with two attached hydrogens (primary N) is 1. The molecular weight excluding hydrogens is 190 g/mol. The van der Waals surface area contributed by atoms with Crippen LogP contribution in [0.1, 0.15) is 5.56 Å². The van der Waals surface area contributed by atoms with E-state index in [2.05, 4.69) is 0 Å². The normalized spacial score (nSPS) is 14.0. The van der Waals surface area contributed by atoms with E-state index in [1.54, 1.807) is 24.3 Å². The second kappa shape index (κ2) is 3.87. The molecule has 0 amide bonds. The molecule has 0 aliphatic heterocycles. The molecular formula is C8H11NO3S. The fourth-order valence-electron chi connectivity index (χ4n) is 0.952. The Balaban J connectivity index is 2.72. The van der Waals surface area contributed by atoms with Crippen molar-refractivity contribution in [2.45, 2.75) is 11.8 Å². The van der Waals surface area contributed by atoms with Gasteiger partial charge in [0.25, 0.3) is 10.1 Å². The molecule has 1 rings (SSSR count). The molecule has 0 unspecified atom stereocenters. The predicted octanol–water partition coefficient (Wildman–Crippen LogP) is 0.402. The summed E-state index contributed by atoms with van der Waals surface area (Å²) in [7, 11) is -4.12. The molecule has 0 saturated carbocycles. The zero-order valence-corrected chi connectivity index (χ0v) is 7.74. The highest BCUT2D eigenvalue weighted by Gasteiger charge is 2.17. The first-order chi connectivity index (χ1) is 6.00. The zero-order valence-electron chi connectivity index (χ0n) is 6.92. The molecule has 1 atom stereocenters. The van der Waals surface area contributed by atoms with E-state index in [0.29, 0.717) is 0 Å². The van der Waals surface area contributed by atoms with Crippen LogP contribution in [0.25, 0.3) is 0 Å². The number of rotatable bonds is 3. The third-order valence-corrected chi connectivity index (χ3v) is 2.59. The van der Waals surface area contributed by atoms with Crippen LogP contribution in [0.2, 0.25) is 0 Å². The predicted molar refractivity (Wildman–Crippen MR) is 49.7 cm³/mol. The van der Waals surface area contributed by atoms with Crippen LogP contribution < -0.4 is 5.73 Å². The maximum atomic E-state index is 10.6. The summed E-state index contributed by atoms with van der Waals surface area (Å²) in [6.45, 7) is 0. The number of hydrogen-bond acceptors (Lipinski definition) is 3. The van der Waals surface area contributed by atoms with Crippen LogP contribution in [0.5, 0.6) is 0 Å². The molecule has 5 heteroatoms. The largest absolute Gasteiger partial charge is 0.313 e. The zero-order chi connectivity index (χ0) is 9.90. The minimum Gasteiger partial charge on any atom is -0.313 e. The lowest BCUT2D eigenvalue weighted by Crippen LogP contribution is -2.32. The van der Waals surface area contributed by atoms with Gasteiger partial charge in [-0.1, -0.05) is 30.3 Å². The van der Waals surface area contributed by atoms with E-state index in [4.69, 9.17) is 10.3 Å². The van der Waals surface area contributed by atoms with Gasteiger partial charge in [-0.15, -0.1) is 0 Å². The highest BCUT2D eigenvalue weighted by molar-refractivity contribution is 7.86. The SMILES string of the molecule is N[C@H](Cc1ccccc1)S(=O)(=O)O. The monoisotopic (exact) mass is 201 g/mol. The minimum absolute atomic E-state index is 0.125.